The molecule has 0 aromatic carbocycles. The number of rotatable bonds is 3. The van der Waals surface area contributed by atoms with Gasteiger partial charge in [-0.1, -0.05) is 19.4 Å². The number of unbranched alkanes of at least 4 members (excludes halogenated alkanes) is 1. The van der Waals surface area contributed by atoms with Crippen LogP contribution in [0.1, 0.15) is 31.2 Å². The van der Waals surface area contributed by atoms with E-state index in [-0.39, 0.29) is 0 Å². The molecule has 0 spiro atoms. The first-order valence-corrected chi connectivity index (χ1v) is 4.57. The Bertz CT molecular complexity index is 294. The van der Waals surface area contributed by atoms with Crippen molar-refractivity contribution in [2.24, 2.45) is 0 Å². The van der Waals surface area contributed by atoms with E-state index in [1.807, 2.05) is 6.92 Å². The first-order chi connectivity index (χ1) is 6.54. The molecule has 1 nitrogen and oxygen atoms in total. The van der Waals surface area contributed by atoms with Gasteiger partial charge in [-0.3, -0.25) is 0 Å². The van der Waals surface area contributed by atoms with E-state index in [1.54, 1.807) is 6.07 Å². The highest BCUT2D eigenvalue weighted by molar-refractivity contribution is 5.13. The van der Waals surface area contributed by atoms with Crippen LogP contribution in [-0.4, -0.2) is 4.98 Å². The minimum absolute atomic E-state index is 0.515. The van der Waals surface area contributed by atoms with Crippen LogP contribution in [0.4, 0.5) is 13.2 Å². The molecule has 0 saturated carbocycles. The number of aryl methyl sites for hydroxylation is 1. The molecular formula is C10H12F3N. The van der Waals surface area contributed by atoms with Gasteiger partial charge in [0.1, 0.15) is 5.69 Å². The second-order valence-corrected chi connectivity index (χ2v) is 3.12. The van der Waals surface area contributed by atoms with Crippen LogP contribution in [0.2, 0.25) is 0 Å². The van der Waals surface area contributed by atoms with Crippen molar-refractivity contribution in [1.82, 2.24) is 4.98 Å². The average molecular weight is 203 g/mol. The lowest BCUT2D eigenvalue weighted by Crippen LogP contribution is -2.09. The van der Waals surface area contributed by atoms with Crippen molar-refractivity contribution in [2.75, 3.05) is 0 Å². The fourth-order valence-electron chi connectivity index (χ4n) is 1.13. The largest absolute Gasteiger partial charge is 0.433 e. The van der Waals surface area contributed by atoms with E-state index >= 15 is 0 Å². The molecule has 0 radical (unpaired) electrons. The number of aromatic nitrogens is 1. The highest BCUT2D eigenvalue weighted by atomic mass is 19.4. The maximum absolute atomic E-state index is 12.2. The molecule has 0 unspecified atom stereocenters. The Morgan fingerprint density at radius 3 is 2.57 bits per heavy atom. The van der Waals surface area contributed by atoms with E-state index < -0.39 is 11.9 Å². The van der Waals surface area contributed by atoms with Crippen LogP contribution < -0.4 is 0 Å². The highest BCUT2D eigenvalue weighted by Crippen LogP contribution is 2.27. The molecule has 0 atom stereocenters. The lowest BCUT2D eigenvalue weighted by atomic mass is 10.2. The fourth-order valence-corrected chi connectivity index (χ4v) is 1.13. The Balaban J connectivity index is 2.79. The van der Waals surface area contributed by atoms with Crippen LogP contribution in [0.25, 0.3) is 0 Å². The standard InChI is InChI=1S/C10H12F3N/c1-2-3-5-8-6-4-7-9(14-8)10(11,12)13/h4,6-7H,2-3,5H2,1H3. The topological polar surface area (TPSA) is 12.9 Å². The third kappa shape index (κ3) is 3.01. The number of hydrogen-bond donors (Lipinski definition) is 0. The molecule has 0 aliphatic heterocycles. The molecular weight excluding hydrogens is 191 g/mol. The Morgan fingerprint density at radius 1 is 1.29 bits per heavy atom. The maximum atomic E-state index is 12.2. The van der Waals surface area contributed by atoms with Gasteiger partial charge in [-0.25, -0.2) is 4.98 Å². The zero-order valence-corrected chi connectivity index (χ0v) is 7.93. The quantitative estimate of drug-likeness (QED) is 0.733. The van der Waals surface area contributed by atoms with Gasteiger partial charge >= 0.3 is 6.18 Å². The van der Waals surface area contributed by atoms with Gasteiger partial charge in [-0.15, -0.1) is 0 Å². The van der Waals surface area contributed by atoms with Gasteiger partial charge < -0.3 is 0 Å². The predicted octanol–water partition coefficient (Wildman–Crippen LogP) is 3.44. The molecule has 0 amide bonds. The fraction of sp³-hybridized carbons (Fsp3) is 0.500. The summed E-state index contributed by atoms with van der Waals surface area (Å²) in [5, 5.41) is 0. The van der Waals surface area contributed by atoms with Crippen LogP contribution in [0.15, 0.2) is 18.2 Å². The van der Waals surface area contributed by atoms with Crippen molar-refractivity contribution in [3.05, 3.63) is 29.6 Å². The first-order valence-electron chi connectivity index (χ1n) is 4.57. The summed E-state index contributed by atoms with van der Waals surface area (Å²) in [6, 6.07) is 4.03. The molecule has 0 fully saturated rings. The third-order valence-corrected chi connectivity index (χ3v) is 1.88. The summed E-state index contributed by atoms with van der Waals surface area (Å²) in [6.45, 7) is 1.99. The summed E-state index contributed by atoms with van der Waals surface area (Å²) in [7, 11) is 0. The minimum Gasteiger partial charge on any atom is -0.248 e. The molecule has 0 aliphatic carbocycles. The lowest BCUT2D eigenvalue weighted by Gasteiger charge is -2.06. The smallest absolute Gasteiger partial charge is 0.248 e. The van der Waals surface area contributed by atoms with Crippen LogP contribution in [-0.2, 0) is 12.6 Å². The van der Waals surface area contributed by atoms with Gasteiger partial charge in [0.15, 0.2) is 0 Å². The van der Waals surface area contributed by atoms with E-state index in [9.17, 15) is 13.2 Å². The molecule has 1 heterocycles. The van der Waals surface area contributed by atoms with Crippen molar-refractivity contribution in [1.29, 1.82) is 0 Å². The monoisotopic (exact) mass is 203 g/mol. The predicted molar refractivity (Wildman–Crippen MR) is 47.9 cm³/mol. The summed E-state index contributed by atoms with van der Waals surface area (Å²) in [5.41, 5.74) is -0.284. The van der Waals surface area contributed by atoms with E-state index in [0.29, 0.717) is 12.1 Å². The summed E-state index contributed by atoms with van der Waals surface area (Å²) < 4.78 is 36.7. The molecule has 0 aliphatic rings. The maximum Gasteiger partial charge on any atom is 0.433 e. The van der Waals surface area contributed by atoms with Gasteiger partial charge in [0.2, 0.25) is 0 Å². The van der Waals surface area contributed by atoms with Crippen molar-refractivity contribution in [3.8, 4) is 0 Å². The highest BCUT2D eigenvalue weighted by Gasteiger charge is 2.32. The van der Waals surface area contributed by atoms with Crippen molar-refractivity contribution >= 4 is 0 Å². The van der Waals surface area contributed by atoms with Crippen molar-refractivity contribution in [2.45, 2.75) is 32.4 Å². The molecule has 4 heteroatoms. The Morgan fingerprint density at radius 2 is 2.00 bits per heavy atom. The van der Waals surface area contributed by atoms with Crippen molar-refractivity contribution in [3.63, 3.8) is 0 Å². The number of nitrogens with zero attached hydrogens (tertiary/aromatic N) is 1. The number of pyridine rings is 1. The second kappa shape index (κ2) is 4.44. The van der Waals surface area contributed by atoms with Crippen LogP contribution in [0.5, 0.6) is 0 Å². The molecule has 0 bridgehead atoms. The molecule has 0 N–H and O–H groups in total. The molecule has 78 valence electrons. The molecule has 1 aromatic heterocycles. The van der Waals surface area contributed by atoms with E-state index in [4.69, 9.17) is 0 Å². The average Bonchev–Trinajstić information content (AvgIpc) is 2.14. The Kier molecular flexibility index (Phi) is 3.49. The number of hydrogen-bond acceptors (Lipinski definition) is 1. The molecule has 14 heavy (non-hydrogen) atoms. The van der Waals surface area contributed by atoms with Crippen LogP contribution in [0, 0.1) is 0 Å². The lowest BCUT2D eigenvalue weighted by molar-refractivity contribution is -0.141. The van der Waals surface area contributed by atoms with Gasteiger partial charge in [0.05, 0.1) is 0 Å². The van der Waals surface area contributed by atoms with E-state index in [0.717, 1.165) is 18.9 Å². The summed E-state index contributed by atoms with van der Waals surface area (Å²) in [5.74, 6) is 0. The second-order valence-electron chi connectivity index (χ2n) is 3.12. The number of halogens is 3. The normalized spacial score (nSPS) is 11.7. The molecule has 1 aromatic rings. The van der Waals surface area contributed by atoms with Gasteiger partial charge in [0, 0.05) is 5.69 Å². The van der Waals surface area contributed by atoms with E-state index in [2.05, 4.69) is 4.98 Å². The Hall–Kier alpha value is -1.06. The Labute approximate surface area is 81.0 Å². The van der Waals surface area contributed by atoms with Crippen LogP contribution >= 0.6 is 0 Å². The summed E-state index contributed by atoms with van der Waals surface area (Å²) >= 11 is 0. The summed E-state index contributed by atoms with van der Waals surface area (Å²) in [6.07, 6.45) is -1.89. The first kappa shape index (κ1) is 11.0. The SMILES string of the molecule is CCCCc1cccc(C(F)(F)F)n1. The van der Waals surface area contributed by atoms with E-state index in [1.165, 1.54) is 6.07 Å². The van der Waals surface area contributed by atoms with Gasteiger partial charge in [-0.2, -0.15) is 13.2 Å². The van der Waals surface area contributed by atoms with Crippen LogP contribution in [0.3, 0.4) is 0 Å². The minimum atomic E-state index is -4.33. The zero-order chi connectivity index (χ0) is 10.6. The number of alkyl halides is 3. The molecule has 0 saturated heterocycles. The van der Waals surface area contributed by atoms with Crippen molar-refractivity contribution < 1.29 is 13.2 Å². The van der Waals surface area contributed by atoms with Gasteiger partial charge in [-0.05, 0) is 25.0 Å². The third-order valence-electron chi connectivity index (χ3n) is 1.88. The van der Waals surface area contributed by atoms with Gasteiger partial charge in [0.25, 0.3) is 0 Å². The summed E-state index contributed by atoms with van der Waals surface area (Å²) in [4.78, 5) is 3.56. The zero-order valence-electron chi connectivity index (χ0n) is 7.93. The molecule has 1 rings (SSSR count).